The zero-order chi connectivity index (χ0) is 30.0. The second-order valence-corrected chi connectivity index (χ2v) is 11.7. The molecule has 7 nitrogen and oxygen atoms in total. The third kappa shape index (κ3) is 8.68. The van der Waals surface area contributed by atoms with Gasteiger partial charge in [-0.25, -0.2) is 4.79 Å². The summed E-state index contributed by atoms with van der Waals surface area (Å²) in [6.45, 7) is 9.48. The zero-order valence-corrected chi connectivity index (χ0v) is 25.5. The van der Waals surface area contributed by atoms with Crippen LogP contribution in [0.1, 0.15) is 70.9 Å². The lowest BCUT2D eigenvalue weighted by atomic mass is 9.87. The zero-order valence-electron chi connectivity index (χ0n) is 25.5. The second-order valence-electron chi connectivity index (χ2n) is 11.7. The number of nitrogens with zero attached hydrogens (tertiary/aromatic N) is 2. The van der Waals surface area contributed by atoms with E-state index in [2.05, 4.69) is 55.3 Å². The van der Waals surface area contributed by atoms with E-state index in [0.29, 0.717) is 18.1 Å². The molecule has 4 aromatic rings. The van der Waals surface area contributed by atoms with Crippen molar-refractivity contribution in [3.05, 3.63) is 83.9 Å². The van der Waals surface area contributed by atoms with Crippen molar-refractivity contribution in [2.24, 2.45) is 0 Å². The molecule has 3 aromatic carbocycles. The van der Waals surface area contributed by atoms with E-state index in [1.54, 1.807) is 0 Å². The molecule has 1 unspecified atom stereocenters. The highest BCUT2D eigenvalue weighted by Gasteiger charge is 2.21. The largest absolute Gasteiger partial charge is 0.494 e. The topological polar surface area (TPSA) is 86.5 Å². The summed E-state index contributed by atoms with van der Waals surface area (Å²) in [6.07, 6.45) is 6.53. The molecule has 1 N–H and O–H groups in total. The van der Waals surface area contributed by atoms with Crippen LogP contribution in [0.4, 0.5) is 5.69 Å². The fraction of sp³-hybridized carbons (Fsp3) is 0.400. The number of unbranched alkanes of at least 4 members (excludes halogenated alkanes) is 4. The van der Waals surface area contributed by atoms with Crippen LogP contribution in [0.2, 0.25) is 0 Å². The van der Waals surface area contributed by atoms with Gasteiger partial charge in [-0.2, -0.15) is 4.98 Å². The van der Waals surface area contributed by atoms with Crippen LogP contribution in [0.15, 0.2) is 77.3 Å². The number of methoxy groups -OCH3 is 1. The Hall–Kier alpha value is -4.13. The van der Waals surface area contributed by atoms with Gasteiger partial charge in [0.05, 0.1) is 13.7 Å². The maximum Gasteiger partial charge on any atom is 0.328 e. The molecule has 0 fully saturated rings. The molecule has 7 heteroatoms. The molecule has 4 rings (SSSR count). The summed E-state index contributed by atoms with van der Waals surface area (Å²) < 4.78 is 16.5. The molecule has 0 bridgehead atoms. The van der Waals surface area contributed by atoms with Crippen molar-refractivity contribution < 1.29 is 18.8 Å². The van der Waals surface area contributed by atoms with E-state index in [4.69, 9.17) is 14.0 Å². The number of rotatable bonds is 14. The first-order chi connectivity index (χ1) is 20.3. The number of ether oxygens (including phenoxy) is 2. The lowest BCUT2D eigenvalue weighted by Gasteiger charge is -2.21. The molecule has 0 radical (unpaired) electrons. The predicted octanol–water partition coefficient (Wildman–Crippen LogP) is 8.25. The minimum Gasteiger partial charge on any atom is -0.494 e. The van der Waals surface area contributed by atoms with Gasteiger partial charge in [-0.05, 0) is 71.5 Å². The van der Waals surface area contributed by atoms with Crippen molar-refractivity contribution >= 4 is 11.7 Å². The maximum absolute atomic E-state index is 12.6. The highest BCUT2D eigenvalue weighted by atomic mass is 16.5. The van der Waals surface area contributed by atoms with Crippen LogP contribution < -0.4 is 10.1 Å². The molecule has 0 saturated carbocycles. The van der Waals surface area contributed by atoms with Crippen LogP contribution in [0.5, 0.6) is 5.75 Å². The number of esters is 1. The highest BCUT2D eigenvalue weighted by molar-refractivity contribution is 5.79. The number of aromatic nitrogens is 2. The first-order valence-electron chi connectivity index (χ1n) is 14.9. The van der Waals surface area contributed by atoms with Crippen LogP contribution in [0.25, 0.3) is 22.8 Å². The van der Waals surface area contributed by atoms with Crippen LogP contribution >= 0.6 is 0 Å². The summed E-state index contributed by atoms with van der Waals surface area (Å²) in [5.74, 6) is 1.48. The van der Waals surface area contributed by atoms with Gasteiger partial charge in [0.15, 0.2) is 0 Å². The Morgan fingerprint density at radius 2 is 1.55 bits per heavy atom. The highest BCUT2D eigenvalue weighted by Crippen LogP contribution is 2.26. The summed E-state index contributed by atoms with van der Waals surface area (Å²) >= 11 is 0. The van der Waals surface area contributed by atoms with Crippen molar-refractivity contribution in [3.8, 4) is 28.6 Å². The lowest BCUT2D eigenvalue weighted by Crippen LogP contribution is -2.32. The molecule has 0 aliphatic heterocycles. The number of hydrogen-bond donors (Lipinski definition) is 1. The number of carbonyl (C=O) groups is 1. The van der Waals surface area contributed by atoms with Gasteiger partial charge in [0, 0.05) is 23.2 Å². The normalized spacial score (nSPS) is 12.1. The standard InChI is InChI=1S/C35H43N3O4/c1-6-7-8-9-10-23-41-30-21-15-26(16-22-30)32-37-33(42-38-32)27-13-11-25(12-14-27)24-31(34(39)40-5)36-29-19-17-28(18-20-29)35(2,3)4/h11-22,31,36H,6-10,23-24H2,1-5H3. The minimum absolute atomic E-state index is 0.0632. The third-order valence-electron chi connectivity index (χ3n) is 7.27. The van der Waals surface area contributed by atoms with Gasteiger partial charge in [0.1, 0.15) is 11.8 Å². The monoisotopic (exact) mass is 569 g/mol. The number of anilines is 1. The SMILES string of the molecule is CCCCCCCOc1ccc(-c2noc(-c3ccc(CC(Nc4ccc(C(C)(C)C)cc4)C(=O)OC)cc3)n2)cc1. The first-order valence-corrected chi connectivity index (χ1v) is 14.9. The molecule has 1 heterocycles. The Morgan fingerprint density at radius 3 is 2.19 bits per heavy atom. The van der Waals surface area contributed by atoms with Crippen LogP contribution in [0.3, 0.4) is 0 Å². The first kappa shape index (κ1) is 30.8. The van der Waals surface area contributed by atoms with E-state index in [0.717, 1.165) is 41.2 Å². The second kappa shape index (κ2) is 14.7. The van der Waals surface area contributed by atoms with Crippen molar-refractivity contribution in [3.63, 3.8) is 0 Å². The fourth-order valence-corrected chi connectivity index (χ4v) is 4.68. The Morgan fingerprint density at radius 1 is 0.881 bits per heavy atom. The van der Waals surface area contributed by atoms with Gasteiger partial charge < -0.3 is 19.3 Å². The van der Waals surface area contributed by atoms with E-state index in [-0.39, 0.29) is 11.4 Å². The molecule has 222 valence electrons. The Kier molecular flexibility index (Phi) is 10.8. The summed E-state index contributed by atoms with van der Waals surface area (Å²) in [5, 5.41) is 7.50. The van der Waals surface area contributed by atoms with Crippen LogP contribution in [-0.2, 0) is 21.4 Å². The van der Waals surface area contributed by atoms with E-state index in [1.165, 1.54) is 38.4 Å². The molecular weight excluding hydrogens is 526 g/mol. The van der Waals surface area contributed by atoms with Gasteiger partial charge in [-0.15, -0.1) is 0 Å². The third-order valence-corrected chi connectivity index (χ3v) is 7.27. The maximum atomic E-state index is 12.6. The van der Waals surface area contributed by atoms with Crippen LogP contribution in [0, 0.1) is 0 Å². The lowest BCUT2D eigenvalue weighted by molar-refractivity contribution is -0.141. The summed E-state index contributed by atoms with van der Waals surface area (Å²) in [5.41, 5.74) is 4.81. The molecule has 1 aromatic heterocycles. The van der Waals surface area contributed by atoms with E-state index in [1.807, 2.05) is 60.7 Å². The number of hydrogen-bond acceptors (Lipinski definition) is 7. The fourth-order valence-electron chi connectivity index (χ4n) is 4.68. The molecule has 0 aliphatic rings. The van der Waals surface area contributed by atoms with Gasteiger partial charge in [0.25, 0.3) is 5.89 Å². The minimum atomic E-state index is -0.524. The predicted molar refractivity (Wildman–Crippen MR) is 168 cm³/mol. The molecule has 42 heavy (non-hydrogen) atoms. The Bertz CT molecular complexity index is 1390. The number of benzene rings is 3. The van der Waals surface area contributed by atoms with Crippen molar-refractivity contribution in [1.82, 2.24) is 10.1 Å². The van der Waals surface area contributed by atoms with Gasteiger partial charge in [-0.3, -0.25) is 0 Å². The molecular formula is C35H43N3O4. The number of nitrogens with one attached hydrogen (secondary N) is 1. The molecule has 0 aliphatic carbocycles. The van der Waals surface area contributed by atoms with Crippen molar-refractivity contribution in [2.75, 3.05) is 19.0 Å². The van der Waals surface area contributed by atoms with E-state index >= 15 is 0 Å². The number of carbonyl (C=O) groups excluding carboxylic acids is 1. The van der Waals surface area contributed by atoms with Crippen molar-refractivity contribution in [1.29, 1.82) is 0 Å². The van der Waals surface area contributed by atoms with Gasteiger partial charge in [0.2, 0.25) is 5.82 Å². The smallest absolute Gasteiger partial charge is 0.328 e. The van der Waals surface area contributed by atoms with E-state index < -0.39 is 6.04 Å². The van der Waals surface area contributed by atoms with E-state index in [9.17, 15) is 4.79 Å². The summed E-state index contributed by atoms with van der Waals surface area (Å²) in [7, 11) is 1.41. The quantitative estimate of drug-likeness (QED) is 0.121. The average Bonchev–Trinajstić information content (AvgIpc) is 3.49. The molecule has 0 saturated heterocycles. The van der Waals surface area contributed by atoms with Gasteiger partial charge in [-0.1, -0.05) is 82.8 Å². The summed E-state index contributed by atoms with van der Waals surface area (Å²) in [6, 6.07) is 23.2. The summed E-state index contributed by atoms with van der Waals surface area (Å²) in [4.78, 5) is 17.2. The van der Waals surface area contributed by atoms with Crippen LogP contribution in [-0.4, -0.2) is 35.9 Å². The van der Waals surface area contributed by atoms with Crippen molar-refractivity contribution in [2.45, 2.75) is 77.7 Å². The Balaban J connectivity index is 1.35. The molecule has 0 spiro atoms. The molecule has 1 atom stereocenters. The molecule has 0 amide bonds. The Labute approximate surface area is 249 Å². The average molecular weight is 570 g/mol. The van der Waals surface area contributed by atoms with Gasteiger partial charge >= 0.3 is 5.97 Å².